The molecule has 2 heteroatoms. The standard InChI is InChI=1S/C5H9NS.H2/c1-4(2)7-5(3)6;/h1,3,6H2,2H3;1H. The van der Waals surface area contributed by atoms with E-state index in [1.54, 1.807) is 0 Å². The third-order valence-corrected chi connectivity index (χ3v) is 0.916. The topological polar surface area (TPSA) is 26.0 Å². The molecule has 42 valence electrons. The third kappa shape index (κ3) is 5.63. The van der Waals surface area contributed by atoms with Gasteiger partial charge in [-0.2, -0.15) is 0 Å². The van der Waals surface area contributed by atoms with Crippen LogP contribution in [-0.2, 0) is 0 Å². The van der Waals surface area contributed by atoms with Crippen LogP contribution >= 0.6 is 11.8 Å². The van der Waals surface area contributed by atoms with Crippen molar-refractivity contribution in [2.24, 2.45) is 5.73 Å². The summed E-state index contributed by atoms with van der Waals surface area (Å²) < 4.78 is 0. The van der Waals surface area contributed by atoms with Gasteiger partial charge in [0.05, 0.1) is 5.03 Å². The molecule has 0 aliphatic heterocycles. The molecule has 0 radical (unpaired) electrons. The Balaban J connectivity index is 0. The van der Waals surface area contributed by atoms with Gasteiger partial charge in [0.2, 0.25) is 0 Å². The van der Waals surface area contributed by atoms with Crippen LogP contribution in [0.15, 0.2) is 23.1 Å². The Labute approximate surface area is 49.8 Å². The molecule has 0 saturated heterocycles. The Bertz CT molecular complexity index is 88.6. The molecule has 0 saturated carbocycles. The molecule has 1 nitrogen and oxygen atoms in total. The minimum absolute atomic E-state index is 0. The Kier molecular flexibility index (Phi) is 2.60. The highest BCUT2D eigenvalue weighted by Crippen LogP contribution is 2.15. The molecule has 0 amide bonds. The van der Waals surface area contributed by atoms with Gasteiger partial charge < -0.3 is 5.73 Å². The highest BCUT2D eigenvalue weighted by atomic mass is 32.2. The van der Waals surface area contributed by atoms with E-state index in [1.807, 2.05) is 6.92 Å². The van der Waals surface area contributed by atoms with Crippen molar-refractivity contribution < 1.29 is 1.43 Å². The summed E-state index contributed by atoms with van der Waals surface area (Å²) in [7, 11) is 0. The van der Waals surface area contributed by atoms with Gasteiger partial charge in [-0.25, -0.2) is 0 Å². The Hall–Kier alpha value is -0.370. The Morgan fingerprint density at radius 1 is 1.71 bits per heavy atom. The summed E-state index contributed by atoms with van der Waals surface area (Å²) in [5.41, 5.74) is 5.20. The molecule has 0 spiro atoms. The summed E-state index contributed by atoms with van der Waals surface area (Å²) in [6, 6.07) is 0. The maximum atomic E-state index is 5.20. The van der Waals surface area contributed by atoms with E-state index in [9.17, 15) is 0 Å². The maximum Gasteiger partial charge on any atom is 0.0626 e. The predicted octanol–water partition coefficient (Wildman–Crippen LogP) is 1.93. The lowest BCUT2D eigenvalue weighted by molar-refractivity contribution is 1.57. The Morgan fingerprint density at radius 3 is 2.14 bits per heavy atom. The van der Waals surface area contributed by atoms with Gasteiger partial charge in [0.15, 0.2) is 0 Å². The summed E-state index contributed by atoms with van der Waals surface area (Å²) in [6.45, 7) is 8.98. The van der Waals surface area contributed by atoms with E-state index >= 15 is 0 Å². The van der Waals surface area contributed by atoms with E-state index < -0.39 is 0 Å². The summed E-state index contributed by atoms with van der Waals surface area (Å²) >= 11 is 1.40. The minimum Gasteiger partial charge on any atom is -0.394 e. The molecule has 0 fully saturated rings. The molecule has 0 aromatic rings. The number of nitrogens with two attached hydrogens (primary N) is 1. The molecule has 7 heavy (non-hydrogen) atoms. The first-order valence-corrected chi connectivity index (χ1v) is 2.72. The lowest BCUT2D eigenvalue weighted by Crippen LogP contribution is -1.86. The van der Waals surface area contributed by atoms with Gasteiger partial charge in [-0.05, 0) is 11.8 Å². The van der Waals surface area contributed by atoms with Crippen molar-refractivity contribution in [3.8, 4) is 0 Å². The molecular weight excluding hydrogens is 106 g/mol. The molecular formula is C5H11NS. The second kappa shape index (κ2) is 2.75. The van der Waals surface area contributed by atoms with Crippen LogP contribution in [0.5, 0.6) is 0 Å². The average molecular weight is 117 g/mol. The third-order valence-electron chi connectivity index (χ3n) is 0.305. The fraction of sp³-hybridized carbons (Fsp3) is 0.200. The first kappa shape index (κ1) is 6.63. The number of hydrogen-bond donors (Lipinski definition) is 1. The van der Waals surface area contributed by atoms with E-state index in [0.717, 1.165) is 4.91 Å². The fourth-order valence-electron chi connectivity index (χ4n) is 0.224. The van der Waals surface area contributed by atoms with Crippen molar-refractivity contribution in [3.05, 3.63) is 23.1 Å². The molecule has 0 atom stereocenters. The van der Waals surface area contributed by atoms with E-state index in [2.05, 4.69) is 13.2 Å². The number of thioether (sulfide) groups is 1. The number of hydrogen-bond acceptors (Lipinski definition) is 2. The molecule has 0 unspecified atom stereocenters. The summed E-state index contributed by atoms with van der Waals surface area (Å²) in [6.07, 6.45) is 0. The minimum atomic E-state index is 0. The van der Waals surface area contributed by atoms with Crippen molar-refractivity contribution in [1.29, 1.82) is 0 Å². The van der Waals surface area contributed by atoms with Crippen LogP contribution < -0.4 is 5.73 Å². The van der Waals surface area contributed by atoms with Gasteiger partial charge >= 0.3 is 0 Å². The summed E-state index contributed by atoms with van der Waals surface area (Å²) in [5, 5.41) is 0.604. The summed E-state index contributed by atoms with van der Waals surface area (Å²) in [4.78, 5) is 0.979. The van der Waals surface area contributed by atoms with E-state index in [1.165, 1.54) is 11.8 Å². The quantitative estimate of drug-likeness (QED) is 0.598. The zero-order valence-electron chi connectivity index (χ0n) is 4.40. The van der Waals surface area contributed by atoms with E-state index in [4.69, 9.17) is 5.73 Å². The van der Waals surface area contributed by atoms with Crippen LogP contribution in [0.3, 0.4) is 0 Å². The zero-order chi connectivity index (χ0) is 5.86. The van der Waals surface area contributed by atoms with Crippen molar-refractivity contribution in [2.45, 2.75) is 6.92 Å². The van der Waals surface area contributed by atoms with Gasteiger partial charge in [0.25, 0.3) is 0 Å². The molecule has 0 aliphatic rings. The van der Waals surface area contributed by atoms with Crippen molar-refractivity contribution in [3.63, 3.8) is 0 Å². The van der Waals surface area contributed by atoms with Crippen LogP contribution in [0.25, 0.3) is 0 Å². The van der Waals surface area contributed by atoms with Gasteiger partial charge in [-0.1, -0.05) is 24.9 Å². The smallest absolute Gasteiger partial charge is 0.0626 e. The molecule has 0 aromatic carbocycles. The fourth-order valence-corrected chi connectivity index (χ4v) is 0.671. The highest BCUT2D eigenvalue weighted by Gasteiger charge is 1.83. The number of rotatable bonds is 2. The SMILES string of the molecule is C=C(C)SC(=C)N.[HH]. The Morgan fingerprint density at radius 2 is 2.14 bits per heavy atom. The largest absolute Gasteiger partial charge is 0.394 e. The second-order valence-electron chi connectivity index (χ2n) is 1.27. The number of allylic oxidation sites excluding steroid dienone is 1. The molecule has 0 rings (SSSR count). The van der Waals surface area contributed by atoms with Crippen LogP contribution in [0, 0.1) is 0 Å². The lowest BCUT2D eigenvalue weighted by Gasteiger charge is -1.92. The van der Waals surface area contributed by atoms with Crippen molar-refractivity contribution in [1.82, 2.24) is 0 Å². The van der Waals surface area contributed by atoms with E-state index in [-0.39, 0.29) is 1.43 Å². The zero-order valence-corrected chi connectivity index (χ0v) is 5.22. The van der Waals surface area contributed by atoms with Gasteiger partial charge in [-0.15, -0.1) is 0 Å². The van der Waals surface area contributed by atoms with E-state index in [0.29, 0.717) is 5.03 Å². The van der Waals surface area contributed by atoms with Crippen LogP contribution in [-0.4, -0.2) is 0 Å². The van der Waals surface area contributed by atoms with Crippen molar-refractivity contribution >= 4 is 11.8 Å². The molecule has 0 aromatic heterocycles. The second-order valence-corrected chi connectivity index (χ2v) is 2.70. The normalized spacial score (nSPS) is 8.14. The molecule has 0 bridgehead atoms. The van der Waals surface area contributed by atoms with Crippen LogP contribution in [0.4, 0.5) is 0 Å². The predicted molar refractivity (Wildman–Crippen MR) is 37.8 cm³/mol. The van der Waals surface area contributed by atoms with Gasteiger partial charge in [-0.3, -0.25) is 0 Å². The monoisotopic (exact) mass is 117 g/mol. The van der Waals surface area contributed by atoms with Crippen LogP contribution in [0.1, 0.15) is 8.35 Å². The van der Waals surface area contributed by atoms with Crippen LogP contribution in [0.2, 0.25) is 0 Å². The first-order chi connectivity index (χ1) is 3.13. The first-order valence-electron chi connectivity index (χ1n) is 1.90. The summed E-state index contributed by atoms with van der Waals surface area (Å²) in [5.74, 6) is 0. The average Bonchev–Trinajstić information content (AvgIpc) is 1.27. The molecule has 0 heterocycles. The highest BCUT2D eigenvalue weighted by molar-refractivity contribution is 8.06. The van der Waals surface area contributed by atoms with Crippen molar-refractivity contribution in [2.75, 3.05) is 0 Å². The van der Waals surface area contributed by atoms with Gasteiger partial charge in [0.1, 0.15) is 0 Å². The maximum absolute atomic E-state index is 5.20. The molecule has 0 aliphatic carbocycles. The molecule has 2 N–H and O–H groups in total. The lowest BCUT2D eigenvalue weighted by atomic mass is 10.8. The van der Waals surface area contributed by atoms with Gasteiger partial charge in [0, 0.05) is 1.43 Å².